The number of pyridine rings is 1. The fourth-order valence-corrected chi connectivity index (χ4v) is 2.80. The summed E-state index contributed by atoms with van der Waals surface area (Å²) in [4.78, 5) is 28.5. The van der Waals surface area contributed by atoms with Crippen molar-refractivity contribution in [1.29, 1.82) is 0 Å². The van der Waals surface area contributed by atoms with Gasteiger partial charge in [0, 0.05) is 16.0 Å². The number of nitrogens with zero attached hydrogens (tertiary/aromatic N) is 1. The molecule has 1 amide bonds. The van der Waals surface area contributed by atoms with Gasteiger partial charge >= 0.3 is 5.97 Å². The van der Waals surface area contributed by atoms with Crippen molar-refractivity contribution in [2.75, 3.05) is 11.9 Å². The van der Waals surface area contributed by atoms with Gasteiger partial charge in [-0.15, -0.1) is 0 Å². The third kappa shape index (κ3) is 5.24. The SMILES string of the molecule is O=C(COC(=O)c1ccc2ccccc2n1)Nc1ccc(SC(F)F)cc1. The molecule has 1 N–H and O–H groups in total. The Morgan fingerprint density at radius 2 is 1.78 bits per heavy atom. The fourth-order valence-electron chi connectivity index (χ4n) is 2.30. The summed E-state index contributed by atoms with van der Waals surface area (Å²) in [5, 5.41) is 3.41. The molecule has 0 fully saturated rings. The predicted molar refractivity (Wildman–Crippen MR) is 99.0 cm³/mol. The highest BCUT2D eigenvalue weighted by Crippen LogP contribution is 2.26. The van der Waals surface area contributed by atoms with Crippen molar-refractivity contribution in [1.82, 2.24) is 4.98 Å². The van der Waals surface area contributed by atoms with Gasteiger partial charge in [0.25, 0.3) is 11.7 Å². The van der Waals surface area contributed by atoms with Gasteiger partial charge in [-0.2, -0.15) is 8.78 Å². The van der Waals surface area contributed by atoms with Crippen LogP contribution >= 0.6 is 11.8 Å². The van der Waals surface area contributed by atoms with E-state index in [1.165, 1.54) is 30.3 Å². The Bertz CT molecular complexity index is 965. The molecule has 1 aromatic heterocycles. The van der Waals surface area contributed by atoms with Crippen molar-refractivity contribution < 1.29 is 23.1 Å². The molecule has 0 bridgehead atoms. The number of hydrogen-bond donors (Lipinski definition) is 1. The van der Waals surface area contributed by atoms with Crippen LogP contribution in [0.15, 0.2) is 65.6 Å². The Kier molecular flexibility index (Phi) is 5.97. The summed E-state index contributed by atoms with van der Waals surface area (Å²) in [5.41, 5.74) is 1.17. The molecule has 0 saturated heterocycles. The molecule has 0 aliphatic rings. The maximum absolute atomic E-state index is 12.3. The normalized spacial score (nSPS) is 10.8. The van der Waals surface area contributed by atoms with Crippen LogP contribution < -0.4 is 5.32 Å². The molecule has 27 heavy (non-hydrogen) atoms. The van der Waals surface area contributed by atoms with Gasteiger partial charge in [0.1, 0.15) is 5.69 Å². The standard InChI is InChI=1S/C19H14F2N2O3S/c20-19(21)27-14-8-6-13(7-9-14)22-17(24)11-26-18(25)16-10-5-12-3-1-2-4-15(12)23-16/h1-10,19H,11H2,(H,22,24). The molecule has 0 atom stereocenters. The lowest BCUT2D eigenvalue weighted by molar-refractivity contribution is -0.119. The molecule has 0 aliphatic carbocycles. The van der Waals surface area contributed by atoms with Gasteiger partial charge in [-0.25, -0.2) is 9.78 Å². The van der Waals surface area contributed by atoms with E-state index >= 15 is 0 Å². The summed E-state index contributed by atoms with van der Waals surface area (Å²) in [6.07, 6.45) is 0. The van der Waals surface area contributed by atoms with E-state index in [1.54, 1.807) is 12.1 Å². The summed E-state index contributed by atoms with van der Waals surface area (Å²) in [7, 11) is 0. The van der Waals surface area contributed by atoms with Crippen LogP contribution in [0.1, 0.15) is 10.5 Å². The highest BCUT2D eigenvalue weighted by molar-refractivity contribution is 7.99. The van der Waals surface area contributed by atoms with Gasteiger partial charge < -0.3 is 10.1 Å². The van der Waals surface area contributed by atoms with Gasteiger partial charge in [-0.3, -0.25) is 4.79 Å². The topological polar surface area (TPSA) is 68.3 Å². The molecule has 3 rings (SSSR count). The maximum atomic E-state index is 12.3. The lowest BCUT2D eigenvalue weighted by atomic mass is 10.2. The molecule has 3 aromatic rings. The van der Waals surface area contributed by atoms with E-state index in [0.29, 0.717) is 27.9 Å². The Morgan fingerprint density at radius 3 is 2.52 bits per heavy atom. The zero-order chi connectivity index (χ0) is 19.2. The van der Waals surface area contributed by atoms with E-state index in [0.717, 1.165) is 5.39 Å². The zero-order valence-corrected chi connectivity index (χ0v) is 14.7. The zero-order valence-electron chi connectivity index (χ0n) is 13.9. The number of esters is 1. The second-order valence-electron chi connectivity index (χ2n) is 5.42. The molecule has 0 spiro atoms. The monoisotopic (exact) mass is 388 g/mol. The number of benzene rings is 2. The van der Waals surface area contributed by atoms with Crippen LogP contribution in [0.3, 0.4) is 0 Å². The third-order valence-corrected chi connectivity index (χ3v) is 4.23. The molecular formula is C19H14F2N2O3S. The molecule has 1 heterocycles. The quantitative estimate of drug-likeness (QED) is 0.502. The Hall–Kier alpha value is -3.00. The van der Waals surface area contributed by atoms with Crippen molar-refractivity contribution in [3.63, 3.8) is 0 Å². The van der Waals surface area contributed by atoms with Crippen LogP contribution in [0.4, 0.5) is 14.5 Å². The van der Waals surface area contributed by atoms with E-state index in [2.05, 4.69) is 10.3 Å². The number of ether oxygens (including phenoxy) is 1. The van der Waals surface area contributed by atoms with E-state index in [4.69, 9.17) is 4.74 Å². The Balaban J connectivity index is 1.54. The molecule has 8 heteroatoms. The number of carbonyl (C=O) groups is 2. The van der Waals surface area contributed by atoms with Gasteiger partial charge in [0.15, 0.2) is 6.61 Å². The van der Waals surface area contributed by atoms with Gasteiger partial charge in [-0.05, 0) is 36.4 Å². The van der Waals surface area contributed by atoms with Crippen molar-refractivity contribution >= 4 is 40.2 Å². The number of anilines is 1. The lowest BCUT2D eigenvalue weighted by Gasteiger charge is -2.07. The Labute approximate surface area is 157 Å². The number of aromatic nitrogens is 1. The highest BCUT2D eigenvalue weighted by atomic mass is 32.2. The molecule has 138 valence electrons. The minimum atomic E-state index is -2.51. The maximum Gasteiger partial charge on any atom is 0.357 e. The summed E-state index contributed by atoms with van der Waals surface area (Å²) < 4.78 is 29.5. The van der Waals surface area contributed by atoms with E-state index in [-0.39, 0.29) is 5.69 Å². The van der Waals surface area contributed by atoms with Crippen molar-refractivity contribution in [2.45, 2.75) is 10.7 Å². The number of nitrogens with one attached hydrogen (secondary N) is 1. The van der Waals surface area contributed by atoms with Crippen molar-refractivity contribution in [2.24, 2.45) is 0 Å². The minimum absolute atomic E-state index is 0.106. The number of amides is 1. The highest BCUT2D eigenvalue weighted by Gasteiger charge is 2.12. The fraction of sp³-hybridized carbons (Fsp3) is 0.105. The Morgan fingerprint density at radius 1 is 1.04 bits per heavy atom. The van der Waals surface area contributed by atoms with Crippen LogP contribution in [0, 0.1) is 0 Å². The number of rotatable bonds is 6. The number of carbonyl (C=O) groups excluding carboxylic acids is 2. The first-order chi connectivity index (χ1) is 13.0. The second-order valence-corrected chi connectivity index (χ2v) is 6.48. The largest absolute Gasteiger partial charge is 0.451 e. The summed E-state index contributed by atoms with van der Waals surface area (Å²) in [6.45, 7) is -0.485. The molecule has 0 aliphatic heterocycles. The van der Waals surface area contributed by atoms with Gasteiger partial charge in [0.2, 0.25) is 0 Å². The van der Waals surface area contributed by atoms with Crippen LogP contribution in [0.25, 0.3) is 10.9 Å². The van der Waals surface area contributed by atoms with E-state index < -0.39 is 24.2 Å². The van der Waals surface area contributed by atoms with E-state index in [1.807, 2.05) is 18.2 Å². The predicted octanol–water partition coefficient (Wildman–Crippen LogP) is 4.35. The second kappa shape index (κ2) is 8.59. The van der Waals surface area contributed by atoms with Gasteiger partial charge in [0.05, 0.1) is 5.52 Å². The van der Waals surface area contributed by atoms with Crippen LogP contribution in [-0.4, -0.2) is 29.2 Å². The average Bonchev–Trinajstić information content (AvgIpc) is 2.67. The number of thioether (sulfide) groups is 1. The third-order valence-electron chi connectivity index (χ3n) is 3.51. The summed E-state index contributed by atoms with van der Waals surface area (Å²) in [6, 6.07) is 16.5. The molecule has 5 nitrogen and oxygen atoms in total. The smallest absolute Gasteiger partial charge is 0.357 e. The first kappa shape index (κ1) is 18.8. The number of hydrogen-bond acceptors (Lipinski definition) is 5. The summed E-state index contributed by atoms with van der Waals surface area (Å²) >= 11 is 0.416. The lowest BCUT2D eigenvalue weighted by Crippen LogP contribution is -2.21. The molecule has 0 saturated carbocycles. The van der Waals surface area contributed by atoms with Crippen molar-refractivity contribution in [3.8, 4) is 0 Å². The molecular weight excluding hydrogens is 374 g/mol. The number of halogens is 2. The van der Waals surface area contributed by atoms with Gasteiger partial charge in [-0.1, -0.05) is 36.0 Å². The van der Waals surface area contributed by atoms with Crippen LogP contribution in [0.2, 0.25) is 0 Å². The summed E-state index contributed by atoms with van der Waals surface area (Å²) in [5.74, 6) is -3.76. The van der Waals surface area contributed by atoms with Crippen molar-refractivity contribution in [3.05, 3.63) is 66.4 Å². The first-order valence-electron chi connectivity index (χ1n) is 7.89. The molecule has 0 unspecified atom stereocenters. The minimum Gasteiger partial charge on any atom is -0.451 e. The number of para-hydroxylation sites is 1. The average molecular weight is 388 g/mol. The number of alkyl halides is 2. The molecule has 2 aromatic carbocycles. The van der Waals surface area contributed by atoms with Crippen LogP contribution in [0.5, 0.6) is 0 Å². The molecule has 0 radical (unpaired) electrons. The first-order valence-corrected chi connectivity index (χ1v) is 8.77. The van der Waals surface area contributed by atoms with Crippen LogP contribution in [-0.2, 0) is 9.53 Å². The number of fused-ring (bicyclic) bond motifs is 1. The van der Waals surface area contributed by atoms with E-state index in [9.17, 15) is 18.4 Å².